The topological polar surface area (TPSA) is 121 Å². The molecule has 0 unspecified atom stereocenters. The normalized spacial score (nSPS) is 14.1. The molecule has 3 rings (SSSR count). The van der Waals surface area contributed by atoms with Gasteiger partial charge in [0.2, 0.25) is 0 Å². The smallest absolute Gasteiger partial charge is 0.325 e. The van der Waals surface area contributed by atoms with Gasteiger partial charge in [-0.1, -0.05) is 24.2 Å². The van der Waals surface area contributed by atoms with Crippen molar-refractivity contribution in [3.63, 3.8) is 0 Å². The number of nitrogens with zero attached hydrogens (tertiary/aromatic N) is 2. The van der Waals surface area contributed by atoms with Crippen molar-refractivity contribution >= 4 is 55.9 Å². The Balaban J connectivity index is 1.69. The minimum Gasteiger partial charge on any atom is -0.481 e. The van der Waals surface area contributed by atoms with Crippen molar-refractivity contribution in [2.45, 2.75) is 32.1 Å². The van der Waals surface area contributed by atoms with Crippen LogP contribution in [0.2, 0.25) is 0 Å². The maximum Gasteiger partial charge on any atom is 0.325 e. The number of halogens is 1. The van der Waals surface area contributed by atoms with Crippen LogP contribution < -0.4 is 10.6 Å². The van der Waals surface area contributed by atoms with Gasteiger partial charge in [0, 0.05) is 18.3 Å². The van der Waals surface area contributed by atoms with Crippen LogP contribution in [0, 0.1) is 5.92 Å². The van der Waals surface area contributed by atoms with Crippen LogP contribution in [0.15, 0.2) is 22.2 Å². The van der Waals surface area contributed by atoms with Crippen molar-refractivity contribution in [2.75, 3.05) is 10.6 Å². The van der Waals surface area contributed by atoms with Crippen LogP contribution in [-0.4, -0.2) is 32.9 Å². The number of aliphatic carboxylic acids is 1. The predicted octanol–water partition coefficient (Wildman–Crippen LogP) is 3.94. The largest absolute Gasteiger partial charge is 0.481 e. The Morgan fingerprint density at radius 3 is 2.70 bits per heavy atom. The number of ketones is 1. The van der Waals surface area contributed by atoms with E-state index in [1.54, 1.807) is 6.07 Å². The molecular weight excluding hydrogens is 436 g/mol. The predicted molar refractivity (Wildman–Crippen MR) is 104 cm³/mol. The van der Waals surface area contributed by atoms with E-state index in [1.165, 1.54) is 12.4 Å². The Kier molecular flexibility index (Phi) is 6.17. The van der Waals surface area contributed by atoms with Crippen molar-refractivity contribution in [3.8, 4) is 0 Å². The maximum atomic E-state index is 12.7. The van der Waals surface area contributed by atoms with Gasteiger partial charge in [-0.05, 0) is 34.8 Å². The number of Topliss-reactive ketones (excluding diaryl/α,β-unsaturated/α-hetero) is 1. The first-order valence-electron chi connectivity index (χ1n) is 8.37. The zero-order valence-electron chi connectivity index (χ0n) is 14.2. The van der Waals surface area contributed by atoms with Gasteiger partial charge in [-0.25, -0.2) is 9.78 Å². The molecule has 0 saturated heterocycles. The van der Waals surface area contributed by atoms with E-state index in [9.17, 15) is 14.4 Å². The molecule has 0 bridgehead atoms. The van der Waals surface area contributed by atoms with Gasteiger partial charge in [0.05, 0.1) is 27.2 Å². The highest BCUT2D eigenvalue weighted by molar-refractivity contribution is 9.11. The standard InChI is InChI=1S/C17H17BrN4O4S/c18-15-12(7-13(23)24)21-17(27-15)22-16(26)20-11-5-6-19-8-10(11)14(25)9-3-1-2-4-9/h5-6,8-9H,1-4,7H2,(H,23,24)(H2,19,20,21,22,26). The number of nitrogens with one attached hydrogen (secondary N) is 2. The molecule has 1 aliphatic rings. The molecule has 2 amide bonds. The van der Waals surface area contributed by atoms with Crippen molar-refractivity contribution in [3.05, 3.63) is 33.5 Å². The highest BCUT2D eigenvalue weighted by Crippen LogP contribution is 2.31. The van der Waals surface area contributed by atoms with E-state index >= 15 is 0 Å². The summed E-state index contributed by atoms with van der Waals surface area (Å²) in [6.07, 6.45) is 6.53. The van der Waals surface area contributed by atoms with Gasteiger partial charge in [-0.2, -0.15) is 0 Å². The molecule has 1 saturated carbocycles. The number of carbonyl (C=O) groups is 3. The summed E-state index contributed by atoms with van der Waals surface area (Å²) in [5.41, 5.74) is 1.12. The number of thiazole rings is 1. The lowest BCUT2D eigenvalue weighted by Gasteiger charge is -2.13. The molecule has 27 heavy (non-hydrogen) atoms. The molecule has 0 spiro atoms. The molecule has 3 N–H and O–H groups in total. The van der Waals surface area contributed by atoms with Crippen molar-refractivity contribution in [1.82, 2.24) is 9.97 Å². The van der Waals surface area contributed by atoms with Crippen molar-refractivity contribution < 1.29 is 19.5 Å². The fourth-order valence-corrected chi connectivity index (χ4v) is 4.39. The average Bonchev–Trinajstić information content (AvgIpc) is 3.25. The number of carboxylic acids is 1. The highest BCUT2D eigenvalue weighted by atomic mass is 79.9. The van der Waals surface area contributed by atoms with Gasteiger partial charge in [0.25, 0.3) is 0 Å². The van der Waals surface area contributed by atoms with E-state index in [2.05, 4.69) is 36.5 Å². The number of carbonyl (C=O) groups excluding carboxylic acids is 2. The number of rotatable bonds is 6. The highest BCUT2D eigenvalue weighted by Gasteiger charge is 2.26. The monoisotopic (exact) mass is 452 g/mol. The molecule has 8 nitrogen and oxygen atoms in total. The van der Waals surface area contributed by atoms with E-state index in [1.807, 2.05) is 0 Å². The fourth-order valence-electron chi connectivity index (χ4n) is 3.00. The van der Waals surface area contributed by atoms with Crippen LogP contribution in [0.25, 0.3) is 0 Å². The second-order valence-corrected chi connectivity index (χ2v) is 8.47. The maximum absolute atomic E-state index is 12.7. The van der Waals surface area contributed by atoms with Gasteiger partial charge in [-0.3, -0.25) is 19.9 Å². The molecule has 0 atom stereocenters. The number of hydrogen-bond acceptors (Lipinski definition) is 6. The molecule has 10 heteroatoms. The molecule has 0 radical (unpaired) electrons. The molecule has 2 heterocycles. The minimum absolute atomic E-state index is 0.00311. The van der Waals surface area contributed by atoms with Crippen LogP contribution in [0.5, 0.6) is 0 Å². The number of amides is 2. The average molecular weight is 453 g/mol. The zero-order chi connectivity index (χ0) is 19.4. The molecule has 2 aromatic rings. The van der Waals surface area contributed by atoms with Crippen LogP contribution in [0.1, 0.15) is 41.7 Å². The first-order valence-corrected chi connectivity index (χ1v) is 9.98. The number of aromatic nitrogens is 2. The lowest BCUT2D eigenvalue weighted by Crippen LogP contribution is -2.22. The third-order valence-electron chi connectivity index (χ3n) is 4.25. The molecule has 0 aromatic carbocycles. The number of urea groups is 1. The quantitative estimate of drug-likeness (QED) is 0.570. The summed E-state index contributed by atoms with van der Waals surface area (Å²) in [6.45, 7) is 0. The Morgan fingerprint density at radius 2 is 2.00 bits per heavy atom. The fraction of sp³-hybridized carbons (Fsp3) is 0.353. The summed E-state index contributed by atoms with van der Waals surface area (Å²) < 4.78 is 0.543. The molecule has 0 aliphatic heterocycles. The SMILES string of the molecule is O=C(O)Cc1nc(NC(=O)Nc2ccncc2C(=O)C2CCCC2)sc1Br. The lowest BCUT2D eigenvalue weighted by molar-refractivity contribution is -0.136. The Bertz CT molecular complexity index is 880. The summed E-state index contributed by atoms with van der Waals surface area (Å²) in [7, 11) is 0. The van der Waals surface area contributed by atoms with Gasteiger partial charge in [0.1, 0.15) is 0 Å². The first-order chi connectivity index (χ1) is 12.9. The van der Waals surface area contributed by atoms with Gasteiger partial charge < -0.3 is 10.4 Å². The zero-order valence-corrected chi connectivity index (χ0v) is 16.6. The molecule has 142 valence electrons. The number of anilines is 2. The van der Waals surface area contributed by atoms with Gasteiger partial charge in [0.15, 0.2) is 10.9 Å². The number of carboxylic acid groups (broad SMARTS) is 1. The van der Waals surface area contributed by atoms with Crippen LogP contribution in [0.4, 0.5) is 15.6 Å². The molecular formula is C17H17BrN4O4S. The molecule has 1 fully saturated rings. The van der Waals surface area contributed by atoms with Crippen LogP contribution in [0.3, 0.4) is 0 Å². The van der Waals surface area contributed by atoms with Crippen molar-refractivity contribution in [2.24, 2.45) is 5.92 Å². The minimum atomic E-state index is -1.01. The van der Waals surface area contributed by atoms with Crippen LogP contribution in [-0.2, 0) is 11.2 Å². The van der Waals surface area contributed by atoms with Crippen molar-refractivity contribution in [1.29, 1.82) is 0 Å². The van der Waals surface area contributed by atoms with E-state index in [0.717, 1.165) is 37.0 Å². The number of pyridine rings is 1. The molecule has 2 aromatic heterocycles. The summed E-state index contributed by atoms with van der Waals surface area (Å²) in [5.74, 6) is -1.04. The van der Waals surface area contributed by atoms with E-state index in [0.29, 0.717) is 20.7 Å². The summed E-state index contributed by atoms with van der Waals surface area (Å²) in [5, 5.41) is 14.3. The van der Waals surface area contributed by atoms with Crippen LogP contribution >= 0.6 is 27.3 Å². The van der Waals surface area contributed by atoms with E-state index in [-0.39, 0.29) is 23.3 Å². The summed E-state index contributed by atoms with van der Waals surface area (Å²) >= 11 is 4.36. The Hall–Kier alpha value is -2.33. The lowest BCUT2D eigenvalue weighted by atomic mass is 9.96. The third-order valence-corrected chi connectivity index (χ3v) is 5.99. The Labute approximate surface area is 167 Å². The van der Waals surface area contributed by atoms with E-state index < -0.39 is 12.0 Å². The second-order valence-electron chi connectivity index (χ2n) is 6.16. The Morgan fingerprint density at radius 1 is 1.26 bits per heavy atom. The van der Waals surface area contributed by atoms with E-state index in [4.69, 9.17) is 5.11 Å². The summed E-state index contributed by atoms with van der Waals surface area (Å²) in [4.78, 5) is 43.9. The molecule has 1 aliphatic carbocycles. The second kappa shape index (κ2) is 8.57. The summed E-state index contributed by atoms with van der Waals surface area (Å²) in [6, 6.07) is 1.01. The van der Waals surface area contributed by atoms with Gasteiger partial charge in [-0.15, -0.1) is 0 Å². The van der Waals surface area contributed by atoms with Gasteiger partial charge >= 0.3 is 12.0 Å². The third kappa shape index (κ3) is 4.89. The number of hydrogen-bond donors (Lipinski definition) is 3. The first kappa shape index (κ1) is 19.4.